The maximum atomic E-state index is 12.5. The summed E-state index contributed by atoms with van der Waals surface area (Å²) in [6.07, 6.45) is -7.11. The summed E-state index contributed by atoms with van der Waals surface area (Å²) in [5.74, 6) is -0.0466. The SMILES string of the molecule is OC(CS)C(O)c1cc(Br)cc(C(F)(F)F)c1. The standard InChI is InChI=1S/C10H10BrF3O2S/c11-7-2-5(9(16)8(15)4-17)1-6(3-7)10(12,13)14/h1-3,8-9,15-17H,4H2. The Bertz CT molecular complexity index is 398. The van der Waals surface area contributed by atoms with Crippen molar-refractivity contribution in [2.45, 2.75) is 18.4 Å². The molecule has 2 atom stereocenters. The van der Waals surface area contributed by atoms with Crippen molar-refractivity contribution in [1.82, 2.24) is 0 Å². The van der Waals surface area contributed by atoms with E-state index in [2.05, 4.69) is 28.6 Å². The first-order valence-corrected chi connectivity index (χ1v) is 6.03. The summed E-state index contributed by atoms with van der Waals surface area (Å²) >= 11 is 6.70. The molecule has 2 N–H and O–H groups in total. The summed E-state index contributed by atoms with van der Waals surface area (Å²) in [5, 5.41) is 19.0. The Morgan fingerprint density at radius 3 is 2.29 bits per heavy atom. The smallest absolute Gasteiger partial charge is 0.389 e. The predicted octanol–water partition coefficient (Wildman–Crippen LogP) is 2.79. The van der Waals surface area contributed by atoms with Crippen molar-refractivity contribution < 1.29 is 23.4 Å². The summed E-state index contributed by atoms with van der Waals surface area (Å²) in [7, 11) is 0. The molecular formula is C10H10BrF3O2S. The molecule has 0 fully saturated rings. The van der Waals surface area contributed by atoms with E-state index in [9.17, 15) is 23.4 Å². The van der Waals surface area contributed by atoms with Gasteiger partial charge in [-0.05, 0) is 23.8 Å². The highest BCUT2D eigenvalue weighted by atomic mass is 79.9. The minimum absolute atomic E-state index is 0.00625. The lowest BCUT2D eigenvalue weighted by atomic mass is 10.0. The van der Waals surface area contributed by atoms with E-state index in [0.717, 1.165) is 12.1 Å². The van der Waals surface area contributed by atoms with Crippen LogP contribution in [0.1, 0.15) is 17.2 Å². The number of aliphatic hydroxyl groups is 2. The molecule has 0 heterocycles. The zero-order valence-corrected chi connectivity index (χ0v) is 10.9. The Morgan fingerprint density at radius 1 is 1.24 bits per heavy atom. The van der Waals surface area contributed by atoms with Gasteiger partial charge in [0, 0.05) is 10.2 Å². The van der Waals surface area contributed by atoms with Gasteiger partial charge in [-0.25, -0.2) is 0 Å². The fourth-order valence-corrected chi connectivity index (χ4v) is 1.98. The van der Waals surface area contributed by atoms with Crippen LogP contribution in [-0.2, 0) is 6.18 Å². The first kappa shape index (κ1) is 14.8. The Kier molecular flexibility index (Phi) is 4.88. The molecule has 0 saturated heterocycles. The summed E-state index contributed by atoms with van der Waals surface area (Å²) in [5.41, 5.74) is -0.888. The number of alkyl halides is 3. The van der Waals surface area contributed by atoms with E-state index in [1.165, 1.54) is 6.07 Å². The average Bonchev–Trinajstić information content (AvgIpc) is 2.25. The van der Waals surface area contributed by atoms with E-state index in [4.69, 9.17) is 0 Å². The molecule has 2 nitrogen and oxygen atoms in total. The van der Waals surface area contributed by atoms with Gasteiger partial charge in [0.25, 0.3) is 0 Å². The number of rotatable bonds is 3. The minimum atomic E-state index is -4.50. The molecular weight excluding hydrogens is 321 g/mol. The van der Waals surface area contributed by atoms with Crippen molar-refractivity contribution in [1.29, 1.82) is 0 Å². The number of hydrogen-bond acceptors (Lipinski definition) is 3. The molecule has 0 aliphatic carbocycles. The van der Waals surface area contributed by atoms with Gasteiger partial charge in [0.15, 0.2) is 0 Å². The molecule has 0 radical (unpaired) electrons. The molecule has 0 aliphatic heterocycles. The molecule has 0 spiro atoms. The lowest BCUT2D eigenvalue weighted by Crippen LogP contribution is -2.20. The quantitative estimate of drug-likeness (QED) is 0.746. The van der Waals surface area contributed by atoms with Gasteiger partial charge in [-0.1, -0.05) is 15.9 Å². The van der Waals surface area contributed by atoms with Crippen LogP contribution >= 0.6 is 28.6 Å². The average molecular weight is 331 g/mol. The number of benzene rings is 1. The van der Waals surface area contributed by atoms with Crippen molar-refractivity contribution in [3.63, 3.8) is 0 Å². The van der Waals surface area contributed by atoms with E-state index < -0.39 is 23.9 Å². The molecule has 17 heavy (non-hydrogen) atoms. The summed E-state index contributed by atoms with van der Waals surface area (Å²) in [4.78, 5) is 0. The van der Waals surface area contributed by atoms with Gasteiger partial charge in [-0.2, -0.15) is 25.8 Å². The first-order chi connectivity index (χ1) is 7.75. The van der Waals surface area contributed by atoms with Crippen LogP contribution in [-0.4, -0.2) is 22.1 Å². The third-order valence-electron chi connectivity index (χ3n) is 2.14. The highest BCUT2D eigenvalue weighted by Gasteiger charge is 2.32. The van der Waals surface area contributed by atoms with Crippen LogP contribution in [0.4, 0.5) is 13.2 Å². The molecule has 0 bridgehead atoms. The zero-order valence-electron chi connectivity index (χ0n) is 8.45. The predicted molar refractivity (Wildman–Crippen MR) is 64.0 cm³/mol. The van der Waals surface area contributed by atoms with Crippen LogP contribution in [0.5, 0.6) is 0 Å². The van der Waals surface area contributed by atoms with E-state index in [0.29, 0.717) is 0 Å². The number of halogens is 4. The molecule has 1 aromatic carbocycles. The summed E-state index contributed by atoms with van der Waals surface area (Å²) < 4.78 is 37.7. The zero-order chi connectivity index (χ0) is 13.2. The van der Waals surface area contributed by atoms with Gasteiger partial charge in [0.05, 0.1) is 11.7 Å². The largest absolute Gasteiger partial charge is 0.416 e. The van der Waals surface area contributed by atoms with E-state index in [1.54, 1.807) is 0 Å². The van der Waals surface area contributed by atoms with Gasteiger partial charge in [-0.15, -0.1) is 0 Å². The number of thiol groups is 1. The normalized spacial score (nSPS) is 15.7. The topological polar surface area (TPSA) is 40.5 Å². The van der Waals surface area contributed by atoms with Gasteiger partial charge >= 0.3 is 6.18 Å². The highest BCUT2D eigenvalue weighted by Crippen LogP contribution is 2.34. The van der Waals surface area contributed by atoms with E-state index in [1.807, 2.05) is 0 Å². The van der Waals surface area contributed by atoms with Crippen LogP contribution in [0.3, 0.4) is 0 Å². The summed E-state index contributed by atoms with van der Waals surface area (Å²) in [6, 6.07) is 3.04. The molecule has 0 amide bonds. The van der Waals surface area contributed by atoms with Gasteiger partial charge in [0.1, 0.15) is 6.10 Å². The van der Waals surface area contributed by atoms with Crippen molar-refractivity contribution in [3.8, 4) is 0 Å². The van der Waals surface area contributed by atoms with E-state index >= 15 is 0 Å². The molecule has 1 rings (SSSR count). The van der Waals surface area contributed by atoms with Crippen LogP contribution in [0.2, 0.25) is 0 Å². The Labute approximate surface area is 110 Å². The van der Waals surface area contributed by atoms with Crippen LogP contribution in [0.25, 0.3) is 0 Å². The molecule has 2 unspecified atom stereocenters. The Balaban J connectivity index is 3.14. The first-order valence-electron chi connectivity index (χ1n) is 4.60. The lowest BCUT2D eigenvalue weighted by Gasteiger charge is -2.18. The molecule has 0 aromatic heterocycles. The Hall–Kier alpha value is -0.240. The molecule has 96 valence electrons. The van der Waals surface area contributed by atoms with Crippen molar-refractivity contribution >= 4 is 28.6 Å². The maximum Gasteiger partial charge on any atom is 0.416 e. The molecule has 1 aromatic rings. The van der Waals surface area contributed by atoms with Crippen LogP contribution in [0, 0.1) is 0 Å². The lowest BCUT2D eigenvalue weighted by molar-refractivity contribution is -0.137. The third-order valence-corrected chi connectivity index (χ3v) is 2.97. The third kappa shape index (κ3) is 3.87. The minimum Gasteiger partial charge on any atom is -0.389 e. The fraction of sp³-hybridized carbons (Fsp3) is 0.400. The molecule has 7 heteroatoms. The van der Waals surface area contributed by atoms with Crippen molar-refractivity contribution in [3.05, 3.63) is 33.8 Å². The number of aliphatic hydroxyl groups excluding tert-OH is 2. The van der Waals surface area contributed by atoms with Crippen LogP contribution < -0.4 is 0 Å². The second-order valence-corrected chi connectivity index (χ2v) is 4.75. The highest BCUT2D eigenvalue weighted by molar-refractivity contribution is 9.10. The van der Waals surface area contributed by atoms with Gasteiger partial charge in [0.2, 0.25) is 0 Å². The maximum absolute atomic E-state index is 12.5. The molecule has 0 saturated carbocycles. The van der Waals surface area contributed by atoms with Crippen molar-refractivity contribution in [2.75, 3.05) is 5.75 Å². The fourth-order valence-electron chi connectivity index (χ4n) is 1.27. The second kappa shape index (κ2) is 5.60. The second-order valence-electron chi connectivity index (χ2n) is 3.47. The molecule has 0 aliphatic rings. The van der Waals surface area contributed by atoms with E-state index in [-0.39, 0.29) is 15.8 Å². The number of hydrogen-bond donors (Lipinski definition) is 3. The van der Waals surface area contributed by atoms with Crippen LogP contribution in [0.15, 0.2) is 22.7 Å². The summed E-state index contributed by atoms with van der Waals surface area (Å²) in [6.45, 7) is 0. The van der Waals surface area contributed by atoms with Crippen molar-refractivity contribution in [2.24, 2.45) is 0 Å². The monoisotopic (exact) mass is 330 g/mol. The van der Waals surface area contributed by atoms with Gasteiger partial charge in [-0.3, -0.25) is 0 Å². The Morgan fingerprint density at radius 2 is 1.82 bits per heavy atom. The van der Waals surface area contributed by atoms with Gasteiger partial charge < -0.3 is 10.2 Å².